The van der Waals surface area contributed by atoms with Crippen LogP contribution in [0.5, 0.6) is 0 Å². The lowest BCUT2D eigenvalue weighted by atomic mass is 9.94. The van der Waals surface area contributed by atoms with Gasteiger partial charge in [-0.05, 0) is 255 Å². The van der Waals surface area contributed by atoms with E-state index < -0.39 is 0 Å². The fourth-order valence-corrected chi connectivity index (χ4v) is 21.3. The molecule has 0 unspecified atom stereocenters. The van der Waals surface area contributed by atoms with Gasteiger partial charge in [0.1, 0.15) is 0 Å². The number of aryl methyl sites for hydroxylation is 16. The Morgan fingerprint density at radius 2 is 0.526 bits per heavy atom. The standard InChI is InChI=1S/C23H25N2.C22H23N2.4C20H19N2/c1-15(2)12-17-9-7-11-20-21(17)13-18-14-25(4)23(24-22(18)20)19-10-6-5-8-16(19)3;1-14(2)17-10-7-11-19-20(17)12-16-13-24(4)22(23-21(16)19)18-9-6-5-8-15(18)3;1-13-7-4-5-10-17(13)20-21-19-16(12-22(20)3)11-15-9-6-8-14(2)18(15)19;1-13-7-4-5-9-16(13)20-21-19-15(12-22(20)3)11-18-14(2)8-6-10-17(18)19;1-13-8-9-18-15(10-13)11-16-12-22(3)20(21-19(16)18)17-7-5-4-6-14(17)2;1-13-8-9-15-11-16-12-22(3)20(21-19(16)18(15)10-13)17-7-5-4-6-14(17)2/h5-11,14-15H,12-13H2,1-4H3;5-11,13-14H,12H2,1-4H3;4*4-10,12H,11H2,1-3H3/q6*+1. The zero-order valence-corrected chi connectivity index (χ0v) is 83.2. The minimum Gasteiger partial charge on any atom is -0.233 e. The normalized spacial score (nSPS) is 12.2. The molecule has 678 valence electrons. The molecular weight excluding hydrogens is 1670 g/mol. The zero-order valence-electron chi connectivity index (χ0n) is 83.2. The maximum absolute atomic E-state index is 5.11. The van der Waals surface area contributed by atoms with Crippen molar-refractivity contribution in [2.24, 2.45) is 48.2 Å². The second-order valence-electron chi connectivity index (χ2n) is 39.3. The predicted molar refractivity (Wildman–Crippen MR) is 555 cm³/mol. The van der Waals surface area contributed by atoms with Gasteiger partial charge in [-0.2, -0.15) is 0 Å². The van der Waals surface area contributed by atoms with Gasteiger partial charge in [0.05, 0.1) is 113 Å². The fraction of sp³-hybridized carbons (Fsp3) is 0.232. The third kappa shape index (κ3) is 18.0. The summed E-state index contributed by atoms with van der Waals surface area (Å²) in [5.41, 5.74) is 54.2. The van der Waals surface area contributed by atoms with Gasteiger partial charge in [0.2, 0.25) is 0 Å². The number of nitrogens with zero attached hydrogens (tertiary/aromatic N) is 12. The summed E-state index contributed by atoms with van der Waals surface area (Å²) in [6.07, 6.45) is 20.6. The number of hydrogen-bond acceptors (Lipinski definition) is 6. The van der Waals surface area contributed by atoms with Crippen LogP contribution in [0.25, 0.3) is 136 Å². The highest BCUT2D eigenvalue weighted by Gasteiger charge is 2.38. The molecule has 0 fully saturated rings. The molecule has 6 aliphatic carbocycles. The number of benzene rings is 12. The van der Waals surface area contributed by atoms with Crippen LogP contribution in [0.3, 0.4) is 0 Å². The Balaban J connectivity index is 0.000000105. The smallest absolute Gasteiger partial charge is 0.233 e. The summed E-state index contributed by atoms with van der Waals surface area (Å²) in [6.45, 7) is 30.6. The molecule has 18 aromatic rings. The second kappa shape index (κ2) is 38.1. The van der Waals surface area contributed by atoms with Crippen LogP contribution in [0.15, 0.2) is 292 Å². The first kappa shape index (κ1) is 91.2. The summed E-state index contributed by atoms with van der Waals surface area (Å²) >= 11 is 0. The maximum Gasteiger partial charge on any atom is 0.331 e. The van der Waals surface area contributed by atoms with E-state index in [4.69, 9.17) is 29.9 Å². The first-order chi connectivity index (χ1) is 66.2. The highest BCUT2D eigenvalue weighted by atomic mass is 15.1. The molecule has 0 bridgehead atoms. The van der Waals surface area contributed by atoms with Crippen molar-refractivity contribution in [3.63, 3.8) is 0 Å². The van der Waals surface area contributed by atoms with Gasteiger partial charge in [-0.15, -0.1) is 0 Å². The SMILES string of the molecule is Cc1ccc2c(c1)-c1nc(-c3ccccc3C)[n+](C)cc1C2.Cc1ccc2c(c1)Cc1c[n+](C)c(-c3ccccc3C)nc1-2.Cc1ccccc1-c1nc2c(c[n+]1C)Cc1c(C)cccc1-2.Cc1ccccc1-c1nc2c(c[n+]1C)Cc1c(CC(C)C)cccc1-2.Cc1ccccc1-c1nc2c(c[n+]1C)Cc1c-2cccc1C(C)C.Cc1ccccc1-c1nc2c(c[n+]1C)Cc1cccc(C)c1-2. The van der Waals surface area contributed by atoms with Crippen LogP contribution >= 0.6 is 0 Å². The van der Waals surface area contributed by atoms with E-state index >= 15 is 0 Å². The Labute approximate surface area is 809 Å². The monoisotopic (exact) mass is 1790 g/mol. The Hall–Kier alpha value is -14.9. The third-order valence-electron chi connectivity index (χ3n) is 28.3. The Bertz CT molecular complexity index is 7780. The van der Waals surface area contributed by atoms with E-state index in [9.17, 15) is 0 Å². The van der Waals surface area contributed by atoms with Gasteiger partial charge in [-0.1, -0.05) is 245 Å². The van der Waals surface area contributed by atoms with E-state index in [0.717, 1.165) is 114 Å². The van der Waals surface area contributed by atoms with Gasteiger partial charge >= 0.3 is 34.9 Å². The molecule has 0 atom stereocenters. The number of rotatable bonds is 9. The van der Waals surface area contributed by atoms with Gasteiger partial charge < -0.3 is 0 Å². The summed E-state index contributed by atoms with van der Waals surface area (Å²) < 4.78 is 13.0. The van der Waals surface area contributed by atoms with Crippen LogP contribution in [-0.4, -0.2) is 29.9 Å². The third-order valence-corrected chi connectivity index (χ3v) is 28.3. The first-order valence-corrected chi connectivity index (χ1v) is 48.5. The van der Waals surface area contributed by atoms with Crippen LogP contribution in [0, 0.1) is 75.2 Å². The lowest BCUT2D eigenvalue weighted by Gasteiger charge is -2.10. The second-order valence-corrected chi connectivity index (χ2v) is 39.3. The molecule has 24 rings (SSSR count). The van der Waals surface area contributed by atoms with Crippen molar-refractivity contribution in [1.82, 2.24) is 29.9 Å². The zero-order chi connectivity index (χ0) is 95.5. The molecule has 12 nitrogen and oxygen atoms in total. The lowest BCUT2D eigenvalue weighted by molar-refractivity contribution is -0.663. The molecule has 6 aromatic heterocycles. The average molecular weight is 1790 g/mol. The van der Waals surface area contributed by atoms with Crippen molar-refractivity contribution in [3.05, 3.63) is 425 Å². The topological polar surface area (TPSA) is 101 Å². The molecule has 0 amide bonds. The first-order valence-electron chi connectivity index (χ1n) is 48.5. The number of fused-ring (bicyclic) bond motifs is 18. The fourth-order valence-electron chi connectivity index (χ4n) is 21.3. The molecule has 137 heavy (non-hydrogen) atoms. The molecular formula is C125H124N12+6. The van der Waals surface area contributed by atoms with Gasteiger partial charge in [0.25, 0.3) is 0 Å². The van der Waals surface area contributed by atoms with Crippen LogP contribution in [0.1, 0.15) is 167 Å². The summed E-state index contributed by atoms with van der Waals surface area (Å²) in [6, 6.07) is 90.5. The molecule has 0 radical (unpaired) electrons. The molecule has 0 spiro atoms. The quantitative estimate of drug-likeness (QED) is 0.133. The van der Waals surface area contributed by atoms with Crippen molar-refractivity contribution in [1.29, 1.82) is 0 Å². The van der Waals surface area contributed by atoms with E-state index in [-0.39, 0.29) is 0 Å². The van der Waals surface area contributed by atoms with Gasteiger partial charge in [-0.25, -0.2) is 27.4 Å². The largest absolute Gasteiger partial charge is 0.331 e. The van der Waals surface area contributed by atoms with Crippen LogP contribution in [-0.2, 0) is 87.2 Å². The Kier molecular flexibility index (Phi) is 25.4. The molecule has 0 saturated heterocycles. The van der Waals surface area contributed by atoms with E-state index in [1.54, 1.807) is 0 Å². The van der Waals surface area contributed by atoms with Crippen LogP contribution in [0.4, 0.5) is 0 Å². The van der Waals surface area contributed by atoms with Gasteiger partial charge in [0.15, 0.2) is 34.2 Å². The molecule has 0 aliphatic heterocycles. The summed E-state index contributed by atoms with van der Waals surface area (Å²) in [5, 5.41) is 0. The van der Waals surface area contributed by atoms with Crippen LogP contribution in [0.2, 0.25) is 0 Å². The van der Waals surface area contributed by atoms with Crippen molar-refractivity contribution >= 4 is 0 Å². The predicted octanol–water partition coefficient (Wildman–Crippen LogP) is 24.3. The van der Waals surface area contributed by atoms with Crippen molar-refractivity contribution < 1.29 is 27.4 Å². The molecule has 0 N–H and O–H groups in total. The maximum atomic E-state index is 5.11. The van der Waals surface area contributed by atoms with Crippen LogP contribution < -0.4 is 27.4 Å². The highest BCUT2D eigenvalue weighted by Crippen LogP contribution is 2.45. The van der Waals surface area contributed by atoms with Crippen molar-refractivity contribution in [2.45, 2.75) is 148 Å². The minimum atomic E-state index is 0.541. The highest BCUT2D eigenvalue weighted by molar-refractivity contribution is 5.82. The molecule has 6 aliphatic rings. The van der Waals surface area contributed by atoms with Gasteiger partial charge in [0, 0.05) is 105 Å². The van der Waals surface area contributed by atoms with Crippen molar-refractivity contribution in [2.75, 3.05) is 0 Å². The van der Waals surface area contributed by atoms with E-state index in [1.807, 2.05) is 0 Å². The summed E-state index contributed by atoms with van der Waals surface area (Å²) in [7, 11) is 12.6. The van der Waals surface area contributed by atoms with E-state index in [1.165, 1.54) is 200 Å². The average Bonchev–Trinajstić information content (AvgIpc) is 1.62. The van der Waals surface area contributed by atoms with E-state index in [0.29, 0.717) is 11.8 Å². The lowest BCUT2D eigenvalue weighted by Crippen LogP contribution is -2.33. The Morgan fingerprint density at radius 1 is 0.226 bits per heavy atom. The number of hydrogen-bond donors (Lipinski definition) is 0. The molecule has 0 saturated carbocycles. The van der Waals surface area contributed by atoms with Gasteiger partial charge in [-0.3, -0.25) is 0 Å². The minimum absolute atomic E-state index is 0.541. The Morgan fingerprint density at radius 3 is 0.949 bits per heavy atom. The van der Waals surface area contributed by atoms with E-state index in [2.05, 4.69) is 459 Å². The number of aromatic nitrogens is 12. The summed E-state index contributed by atoms with van der Waals surface area (Å²) in [4.78, 5) is 30.3. The van der Waals surface area contributed by atoms with Crippen molar-refractivity contribution in [3.8, 4) is 136 Å². The summed E-state index contributed by atoms with van der Waals surface area (Å²) in [5.74, 6) is 7.42. The molecule has 12 heteroatoms. The molecule has 6 heterocycles. The molecule has 12 aromatic carbocycles.